The number of hydrogen-bond acceptors (Lipinski definition) is 2. The van der Waals surface area contributed by atoms with Gasteiger partial charge in [-0.15, -0.1) is 0 Å². The van der Waals surface area contributed by atoms with Crippen molar-refractivity contribution in [2.24, 2.45) is 0 Å². The highest BCUT2D eigenvalue weighted by Gasteiger charge is 2.42. The minimum absolute atomic E-state index is 0.199. The number of nitrogens with zero attached hydrogens (tertiary/aromatic N) is 1. The van der Waals surface area contributed by atoms with Crippen LogP contribution in [0.2, 0.25) is 0 Å². The zero-order chi connectivity index (χ0) is 14.8. The molecule has 0 saturated heterocycles. The molecule has 0 saturated carbocycles. The van der Waals surface area contributed by atoms with E-state index in [1.807, 2.05) is 0 Å². The van der Waals surface area contributed by atoms with E-state index in [1.54, 1.807) is 0 Å². The van der Waals surface area contributed by atoms with E-state index in [2.05, 4.69) is 50.8 Å². The zero-order valence-electron chi connectivity index (χ0n) is 13.6. The standard InChI is InChI=1S/C19H25NO/c1-18(2)7-9-20-10-8-19(3,4)15-16(20)14(18)12-13-6-5-11-21-17(13)15/h5-6,12H,7-11H2,1-4H3. The molecule has 2 nitrogen and oxygen atoms in total. The molecule has 1 aromatic rings. The summed E-state index contributed by atoms with van der Waals surface area (Å²) in [6, 6.07) is 2.39. The Hall–Kier alpha value is -1.44. The Morgan fingerprint density at radius 3 is 2.52 bits per heavy atom. The summed E-state index contributed by atoms with van der Waals surface area (Å²) in [5, 5.41) is 0. The Balaban J connectivity index is 2.09. The Labute approximate surface area is 127 Å². The van der Waals surface area contributed by atoms with E-state index in [4.69, 9.17) is 4.74 Å². The highest BCUT2D eigenvalue weighted by atomic mass is 16.5. The lowest BCUT2D eigenvalue weighted by atomic mass is 9.68. The maximum atomic E-state index is 6.08. The van der Waals surface area contributed by atoms with Crippen molar-refractivity contribution < 1.29 is 4.74 Å². The molecule has 0 aromatic heterocycles. The molecule has 3 heterocycles. The first kappa shape index (κ1) is 13.2. The highest BCUT2D eigenvalue weighted by molar-refractivity contribution is 5.78. The van der Waals surface area contributed by atoms with Crippen molar-refractivity contribution in [3.63, 3.8) is 0 Å². The Kier molecular flexibility index (Phi) is 2.56. The molecule has 0 N–H and O–H groups in total. The van der Waals surface area contributed by atoms with Crippen LogP contribution in [0.1, 0.15) is 57.2 Å². The summed E-state index contributed by atoms with van der Waals surface area (Å²) in [6.07, 6.45) is 6.83. The normalized spacial score (nSPS) is 24.1. The molecule has 1 aromatic carbocycles. The van der Waals surface area contributed by atoms with E-state index in [9.17, 15) is 0 Å². The minimum Gasteiger partial charge on any atom is -0.489 e. The second-order valence-corrected chi connectivity index (χ2v) is 8.03. The monoisotopic (exact) mass is 283 g/mol. The lowest BCUT2D eigenvalue weighted by Gasteiger charge is -2.49. The van der Waals surface area contributed by atoms with Crippen LogP contribution in [-0.2, 0) is 10.8 Å². The van der Waals surface area contributed by atoms with Crippen molar-refractivity contribution in [3.8, 4) is 5.75 Å². The summed E-state index contributed by atoms with van der Waals surface area (Å²) >= 11 is 0. The summed E-state index contributed by atoms with van der Waals surface area (Å²) in [5.74, 6) is 1.14. The smallest absolute Gasteiger partial charge is 0.132 e. The van der Waals surface area contributed by atoms with Crippen LogP contribution in [0.25, 0.3) is 6.08 Å². The van der Waals surface area contributed by atoms with Gasteiger partial charge in [0.1, 0.15) is 12.4 Å². The molecule has 3 aliphatic rings. The average Bonchev–Trinajstić information content (AvgIpc) is 2.44. The van der Waals surface area contributed by atoms with Gasteiger partial charge in [-0.2, -0.15) is 0 Å². The molecular weight excluding hydrogens is 258 g/mol. The van der Waals surface area contributed by atoms with Gasteiger partial charge in [0.15, 0.2) is 0 Å². The third kappa shape index (κ3) is 1.77. The van der Waals surface area contributed by atoms with Gasteiger partial charge in [0.2, 0.25) is 0 Å². The molecule has 0 unspecified atom stereocenters. The van der Waals surface area contributed by atoms with Crippen LogP contribution in [0.3, 0.4) is 0 Å². The summed E-state index contributed by atoms with van der Waals surface area (Å²) in [4.78, 5) is 2.60. The molecule has 0 amide bonds. The molecular formula is C19H25NO. The number of hydrogen-bond donors (Lipinski definition) is 0. The van der Waals surface area contributed by atoms with Gasteiger partial charge in [-0.1, -0.05) is 33.8 Å². The molecule has 0 radical (unpaired) electrons. The average molecular weight is 283 g/mol. The molecule has 0 fully saturated rings. The highest BCUT2D eigenvalue weighted by Crippen LogP contribution is 2.54. The van der Waals surface area contributed by atoms with Gasteiger partial charge in [-0.3, -0.25) is 0 Å². The molecule has 0 atom stereocenters. The fourth-order valence-electron chi connectivity index (χ4n) is 4.16. The third-order valence-corrected chi connectivity index (χ3v) is 5.64. The largest absolute Gasteiger partial charge is 0.489 e. The van der Waals surface area contributed by atoms with Crippen molar-refractivity contribution in [1.29, 1.82) is 0 Å². The third-order valence-electron chi connectivity index (χ3n) is 5.64. The van der Waals surface area contributed by atoms with Gasteiger partial charge in [-0.25, -0.2) is 0 Å². The summed E-state index contributed by atoms with van der Waals surface area (Å²) in [6.45, 7) is 12.6. The maximum absolute atomic E-state index is 6.08. The van der Waals surface area contributed by atoms with Crippen molar-refractivity contribution in [1.82, 2.24) is 0 Å². The quantitative estimate of drug-likeness (QED) is 0.705. The molecule has 3 aliphatic heterocycles. The lowest BCUT2D eigenvalue weighted by molar-refractivity contribution is 0.330. The van der Waals surface area contributed by atoms with Crippen molar-refractivity contribution in [2.45, 2.75) is 51.4 Å². The topological polar surface area (TPSA) is 12.5 Å². The zero-order valence-corrected chi connectivity index (χ0v) is 13.6. The van der Waals surface area contributed by atoms with E-state index >= 15 is 0 Å². The van der Waals surface area contributed by atoms with E-state index < -0.39 is 0 Å². The van der Waals surface area contributed by atoms with Crippen LogP contribution in [0.5, 0.6) is 5.75 Å². The number of fused-ring (bicyclic) bond motifs is 2. The number of ether oxygens (including phenoxy) is 1. The van der Waals surface area contributed by atoms with Gasteiger partial charge in [0.05, 0.1) is 0 Å². The van der Waals surface area contributed by atoms with Gasteiger partial charge < -0.3 is 9.64 Å². The second-order valence-electron chi connectivity index (χ2n) is 8.03. The predicted octanol–water partition coefficient (Wildman–Crippen LogP) is 4.26. The predicted molar refractivity (Wildman–Crippen MR) is 88.5 cm³/mol. The molecule has 4 rings (SSSR count). The summed E-state index contributed by atoms with van der Waals surface area (Å²) in [7, 11) is 0. The maximum Gasteiger partial charge on any atom is 0.132 e. The van der Waals surface area contributed by atoms with Crippen molar-refractivity contribution in [2.75, 3.05) is 24.6 Å². The van der Waals surface area contributed by atoms with Gasteiger partial charge in [0, 0.05) is 29.9 Å². The number of benzene rings is 1. The molecule has 2 heteroatoms. The first-order valence-corrected chi connectivity index (χ1v) is 8.16. The van der Waals surface area contributed by atoms with Crippen LogP contribution in [0.15, 0.2) is 12.1 Å². The van der Waals surface area contributed by atoms with Crippen LogP contribution >= 0.6 is 0 Å². The lowest BCUT2D eigenvalue weighted by Crippen LogP contribution is -2.45. The van der Waals surface area contributed by atoms with Gasteiger partial charge in [0.25, 0.3) is 0 Å². The number of rotatable bonds is 0. The molecule has 0 spiro atoms. The fourth-order valence-corrected chi connectivity index (χ4v) is 4.16. The summed E-state index contributed by atoms with van der Waals surface area (Å²) < 4.78 is 6.08. The van der Waals surface area contributed by atoms with Crippen LogP contribution < -0.4 is 9.64 Å². The molecule has 112 valence electrons. The molecule has 0 aliphatic carbocycles. The van der Waals surface area contributed by atoms with Crippen LogP contribution in [0.4, 0.5) is 5.69 Å². The first-order valence-electron chi connectivity index (χ1n) is 8.16. The molecule has 21 heavy (non-hydrogen) atoms. The minimum atomic E-state index is 0.199. The van der Waals surface area contributed by atoms with Crippen molar-refractivity contribution in [3.05, 3.63) is 28.8 Å². The second kappa shape index (κ2) is 4.06. The van der Waals surface area contributed by atoms with E-state index in [-0.39, 0.29) is 10.8 Å². The molecule has 0 bridgehead atoms. The van der Waals surface area contributed by atoms with Crippen LogP contribution in [-0.4, -0.2) is 19.7 Å². The first-order chi connectivity index (χ1) is 9.90. The van der Waals surface area contributed by atoms with E-state index in [0.717, 1.165) is 5.75 Å². The summed E-state index contributed by atoms with van der Waals surface area (Å²) in [5.41, 5.74) is 6.19. The van der Waals surface area contributed by atoms with Gasteiger partial charge >= 0.3 is 0 Å². The fraction of sp³-hybridized carbons (Fsp3) is 0.579. The Bertz CT molecular complexity index is 637. The Morgan fingerprint density at radius 1 is 1.05 bits per heavy atom. The van der Waals surface area contributed by atoms with Crippen LogP contribution in [0, 0.1) is 0 Å². The Morgan fingerprint density at radius 2 is 1.76 bits per heavy atom. The SMILES string of the molecule is CC1(C)CCN2CCC(C)(C)c3c4c(cc1c32)C=CCO4. The number of anilines is 1. The van der Waals surface area contributed by atoms with Crippen molar-refractivity contribution >= 4 is 11.8 Å². The van der Waals surface area contributed by atoms with E-state index in [1.165, 1.54) is 48.3 Å². The van der Waals surface area contributed by atoms with E-state index in [0.29, 0.717) is 6.61 Å². The van der Waals surface area contributed by atoms with Gasteiger partial charge in [-0.05, 0) is 41.4 Å².